The Kier molecular flexibility index (Phi) is 6.62. The van der Waals surface area contributed by atoms with Crippen LogP contribution in [0.4, 0.5) is 0 Å². The van der Waals surface area contributed by atoms with Crippen molar-refractivity contribution in [1.29, 1.82) is 0 Å². The van der Waals surface area contributed by atoms with Gasteiger partial charge < -0.3 is 10.3 Å². The van der Waals surface area contributed by atoms with Crippen molar-refractivity contribution in [3.63, 3.8) is 0 Å². The molecule has 0 saturated carbocycles. The van der Waals surface area contributed by atoms with E-state index in [1.807, 2.05) is 36.4 Å². The number of rotatable bonds is 6. The first-order valence-electron chi connectivity index (χ1n) is 9.80. The Bertz CT molecular complexity index is 1340. The fourth-order valence-corrected chi connectivity index (χ4v) is 4.14. The molecule has 4 rings (SSSR count). The third kappa shape index (κ3) is 4.71. The van der Waals surface area contributed by atoms with E-state index >= 15 is 0 Å². The SMILES string of the molecule is NCc1ccc(-c2c(-c3ccc(CS(=O)O)cc3)cnn(-c3cccc(Cl)c3)c2=O)cc1. The van der Waals surface area contributed by atoms with E-state index in [-0.39, 0.29) is 11.3 Å². The zero-order valence-electron chi connectivity index (χ0n) is 16.9. The second-order valence-corrected chi connectivity index (χ2v) is 8.56. The minimum absolute atomic E-state index is 0.0439. The first kappa shape index (κ1) is 22.1. The van der Waals surface area contributed by atoms with E-state index < -0.39 is 11.1 Å². The second kappa shape index (κ2) is 9.58. The lowest BCUT2D eigenvalue weighted by molar-refractivity contribution is 0.563. The predicted molar refractivity (Wildman–Crippen MR) is 128 cm³/mol. The van der Waals surface area contributed by atoms with Crippen LogP contribution in [-0.4, -0.2) is 18.5 Å². The number of nitrogens with zero attached hydrogens (tertiary/aromatic N) is 2. The molecule has 1 aromatic heterocycles. The number of nitrogens with two attached hydrogens (primary N) is 1. The summed E-state index contributed by atoms with van der Waals surface area (Å²) in [4.78, 5) is 13.6. The van der Waals surface area contributed by atoms with Gasteiger partial charge in [-0.3, -0.25) is 4.79 Å². The Morgan fingerprint density at radius 1 is 0.969 bits per heavy atom. The van der Waals surface area contributed by atoms with E-state index in [1.165, 1.54) is 4.68 Å². The summed E-state index contributed by atoms with van der Waals surface area (Å²) >= 11 is 4.20. The molecule has 0 fully saturated rings. The molecule has 3 aromatic carbocycles. The van der Waals surface area contributed by atoms with Crippen molar-refractivity contribution in [2.24, 2.45) is 5.73 Å². The van der Waals surface area contributed by atoms with Crippen molar-refractivity contribution in [1.82, 2.24) is 9.78 Å². The molecular weight excluding hydrogens is 446 g/mol. The molecule has 0 amide bonds. The fourth-order valence-electron chi connectivity index (χ4n) is 3.47. The van der Waals surface area contributed by atoms with Crippen LogP contribution >= 0.6 is 11.6 Å². The summed E-state index contributed by atoms with van der Waals surface area (Å²) in [5, 5.41) is 4.90. The maximum atomic E-state index is 13.6. The average molecular weight is 466 g/mol. The first-order chi connectivity index (χ1) is 15.5. The molecule has 6 nitrogen and oxygen atoms in total. The standard InChI is InChI=1S/C24H20ClN3O3S/c25-20-2-1-3-21(12-20)28-24(29)23(19-10-4-16(13-26)5-11-19)22(14-27-28)18-8-6-17(7-9-18)15-32(30)31/h1-12,14H,13,15,26H2,(H,30,31). The first-order valence-corrected chi connectivity index (χ1v) is 11.5. The van der Waals surface area contributed by atoms with Gasteiger partial charge in [-0.2, -0.15) is 9.78 Å². The van der Waals surface area contributed by atoms with Crippen LogP contribution < -0.4 is 11.3 Å². The van der Waals surface area contributed by atoms with Crippen molar-refractivity contribution in [3.8, 4) is 27.9 Å². The van der Waals surface area contributed by atoms with E-state index in [0.717, 1.165) is 22.3 Å². The molecule has 32 heavy (non-hydrogen) atoms. The quantitative estimate of drug-likeness (QED) is 0.411. The normalized spacial score (nSPS) is 12.0. The summed E-state index contributed by atoms with van der Waals surface area (Å²) in [6.07, 6.45) is 1.65. The van der Waals surface area contributed by atoms with Gasteiger partial charge in [0.1, 0.15) is 0 Å². The molecule has 0 radical (unpaired) electrons. The highest BCUT2D eigenvalue weighted by atomic mass is 35.5. The van der Waals surface area contributed by atoms with Gasteiger partial charge >= 0.3 is 0 Å². The van der Waals surface area contributed by atoms with E-state index in [9.17, 15) is 9.00 Å². The smallest absolute Gasteiger partial charge is 0.279 e. The maximum Gasteiger partial charge on any atom is 0.279 e. The molecule has 0 aliphatic heterocycles. The van der Waals surface area contributed by atoms with Crippen LogP contribution in [-0.2, 0) is 23.4 Å². The average Bonchev–Trinajstić information content (AvgIpc) is 2.79. The molecule has 0 saturated heterocycles. The lowest BCUT2D eigenvalue weighted by Gasteiger charge is -2.14. The van der Waals surface area contributed by atoms with Gasteiger partial charge in [-0.05, 0) is 40.5 Å². The zero-order chi connectivity index (χ0) is 22.7. The van der Waals surface area contributed by atoms with Crippen molar-refractivity contribution in [3.05, 3.63) is 105 Å². The number of aromatic nitrogens is 2. The summed E-state index contributed by atoms with van der Waals surface area (Å²) in [5.41, 5.74) is 10.3. The van der Waals surface area contributed by atoms with Crippen molar-refractivity contribution < 1.29 is 8.76 Å². The Morgan fingerprint density at radius 2 is 1.62 bits per heavy atom. The Morgan fingerprint density at radius 3 is 2.25 bits per heavy atom. The van der Waals surface area contributed by atoms with Gasteiger partial charge in [0, 0.05) is 17.1 Å². The van der Waals surface area contributed by atoms with Gasteiger partial charge in [-0.15, -0.1) is 0 Å². The van der Waals surface area contributed by atoms with Gasteiger partial charge in [-0.1, -0.05) is 66.2 Å². The van der Waals surface area contributed by atoms with Crippen LogP contribution in [0.1, 0.15) is 11.1 Å². The zero-order valence-corrected chi connectivity index (χ0v) is 18.5. The molecule has 1 unspecified atom stereocenters. The molecule has 0 aliphatic carbocycles. The lowest BCUT2D eigenvalue weighted by atomic mass is 9.96. The van der Waals surface area contributed by atoms with Crippen LogP contribution in [0.2, 0.25) is 5.02 Å². The number of hydrogen-bond acceptors (Lipinski definition) is 4. The fraction of sp³-hybridized carbons (Fsp3) is 0.0833. The van der Waals surface area contributed by atoms with Gasteiger partial charge in [0.25, 0.3) is 5.56 Å². The summed E-state index contributed by atoms with van der Waals surface area (Å²) in [7, 11) is 0. The maximum absolute atomic E-state index is 13.6. The summed E-state index contributed by atoms with van der Waals surface area (Å²) in [5.74, 6) is 0.0439. The van der Waals surface area contributed by atoms with E-state index in [2.05, 4.69) is 5.10 Å². The topological polar surface area (TPSA) is 98.2 Å². The molecule has 1 heterocycles. The molecule has 4 aromatic rings. The van der Waals surface area contributed by atoms with E-state index in [4.69, 9.17) is 21.9 Å². The summed E-state index contributed by atoms with van der Waals surface area (Å²) in [6.45, 7) is 0.407. The Hall–Kier alpha value is -3.10. The molecule has 8 heteroatoms. The number of halogens is 1. The molecule has 1 atom stereocenters. The van der Waals surface area contributed by atoms with Crippen LogP contribution in [0.3, 0.4) is 0 Å². The molecule has 0 bridgehead atoms. The van der Waals surface area contributed by atoms with Crippen molar-refractivity contribution >= 4 is 22.7 Å². The van der Waals surface area contributed by atoms with E-state index in [0.29, 0.717) is 28.4 Å². The van der Waals surface area contributed by atoms with Crippen LogP contribution in [0.5, 0.6) is 0 Å². The molecule has 0 spiro atoms. The lowest BCUT2D eigenvalue weighted by Crippen LogP contribution is -2.23. The van der Waals surface area contributed by atoms with Gasteiger partial charge in [-0.25, -0.2) is 4.21 Å². The molecule has 3 N–H and O–H groups in total. The Labute approximate surface area is 192 Å². The predicted octanol–water partition coefficient (Wildman–Crippen LogP) is 4.40. The molecule has 0 aliphatic rings. The molecular formula is C24H20ClN3O3S. The highest BCUT2D eigenvalue weighted by Crippen LogP contribution is 2.30. The highest BCUT2D eigenvalue weighted by Gasteiger charge is 2.16. The summed E-state index contributed by atoms with van der Waals surface area (Å²) < 4.78 is 21.5. The third-order valence-corrected chi connectivity index (χ3v) is 5.88. The summed E-state index contributed by atoms with van der Waals surface area (Å²) in [6, 6.07) is 21.6. The van der Waals surface area contributed by atoms with Crippen molar-refractivity contribution in [2.45, 2.75) is 12.3 Å². The van der Waals surface area contributed by atoms with E-state index in [1.54, 1.807) is 42.6 Å². The number of hydrogen-bond donors (Lipinski definition) is 2. The van der Waals surface area contributed by atoms with Gasteiger partial charge in [0.05, 0.1) is 23.2 Å². The minimum Gasteiger partial charge on any atom is -0.326 e. The van der Waals surface area contributed by atoms with Gasteiger partial charge in [0.15, 0.2) is 11.1 Å². The largest absolute Gasteiger partial charge is 0.326 e. The second-order valence-electron chi connectivity index (χ2n) is 7.19. The van der Waals surface area contributed by atoms with Crippen LogP contribution in [0.25, 0.3) is 27.9 Å². The highest BCUT2D eigenvalue weighted by molar-refractivity contribution is 7.78. The molecule has 162 valence electrons. The Balaban J connectivity index is 1.90. The third-order valence-electron chi connectivity index (χ3n) is 5.06. The van der Waals surface area contributed by atoms with Crippen LogP contribution in [0, 0.1) is 0 Å². The monoisotopic (exact) mass is 465 g/mol. The number of benzene rings is 3. The van der Waals surface area contributed by atoms with Crippen molar-refractivity contribution in [2.75, 3.05) is 0 Å². The van der Waals surface area contributed by atoms with Gasteiger partial charge in [0.2, 0.25) is 0 Å². The van der Waals surface area contributed by atoms with Crippen LogP contribution in [0.15, 0.2) is 83.8 Å². The minimum atomic E-state index is -1.92.